The summed E-state index contributed by atoms with van der Waals surface area (Å²) in [7, 11) is 1.69. The van der Waals surface area contributed by atoms with Crippen molar-refractivity contribution in [2.75, 3.05) is 20.2 Å². The number of hydrogen-bond donors (Lipinski definition) is 1. The highest BCUT2D eigenvalue weighted by Crippen LogP contribution is 2.27. The molecule has 1 fully saturated rings. The molecule has 2 aromatic rings. The molecule has 28 heavy (non-hydrogen) atoms. The molecule has 2 aromatic carbocycles. The number of rotatable bonds is 4. The Morgan fingerprint density at radius 3 is 2.54 bits per heavy atom. The Hall–Kier alpha value is -3.15. The average molecular weight is 378 g/mol. The van der Waals surface area contributed by atoms with Gasteiger partial charge in [-0.05, 0) is 55.0 Å². The number of imide groups is 1. The number of carbonyl (C=O) groups excluding carboxylic acids is 3. The molecule has 4 rings (SSSR count). The van der Waals surface area contributed by atoms with Gasteiger partial charge in [-0.1, -0.05) is 18.2 Å². The Bertz CT molecular complexity index is 945. The molecule has 2 aliphatic heterocycles. The van der Waals surface area contributed by atoms with Crippen molar-refractivity contribution in [2.45, 2.75) is 19.3 Å². The number of ether oxygens (including phenoxy) is 1. The molecule has 0 atom stereocenters. The second-order valence-electron chi connectivity index (χ2n) is 7.30. The van der Waals surface area contributed by atoms with Crippen LogP contribution in [0.2, 0.25) is 0 Å². The van der Waals surface area contributed by atoms with Crippen molar-refractivity contribution in [2.24, 2.45) is 5.92 Å². The van der Waals surface area contributed by atoms with Gasteiger partial charge < -0.3 is 9.64 Å². The lowest BCUT2D eigenvalue weighted by molar-refractivity contribution is 0.0690. The molecule has 6 heteroatoms. The van der Waals surface area contributed by atoms with E-state index < -0.39 is 11.8 Å². The molecule has 0 spiro atoms. The van der Waals surface area contributed by atoms with Crippen molar-refractivity contribution in [1.29, 1.82) is 0 Å². The summed E-state index contributed by atoms with van der Waals surface area (Å²) in [4.78, 5) is 38.2. The Balaban J connectivity index is 1.40. The molecule has 1 N–H and O–H groups in total. The Morgan fingerprint density at radius 1 is 1.07 bits per heavy atom. The first-order chi connectivity index (χ1) is 13.6. The van der Waals surface area contributed by atoms with Gasteiger partial charge in [0, 0.05) is 18.7 Å². The molecule has 0 bridgehead atoms. The number of nitrogens with zero attached hydrogens (tertiary/aromatic N) is 1. The summed E-state index contributed by atoms with van der Waals surface area (Å²) < 4.78 is 5.44. The third kappa shape index (κ3) is 3.38. The predicted molar refractivity (Wildman–Crippen MR) is 104 cm³/mol. The molecule has 0 aliphatic carbocycles. The quantitative estimate of drug-likeness (QED) is 0.830. The maximum atomic E-state index is 12.8. The van der Waals surface area contributed by atoms with Crippen LogP contribution in [-0.4, -0.2) is 42.8 Å². The summed E-state index contributed by atoms with van der Waals surface area (Å²) >= 11 is 0. The van der Waals surface area contributed by atoms with Crippen LogP contribution in [-0.2, 0) is 6.42 Å². The fourth-order valence-electron chi connectivity index (χ4n) is 4.01. The molecule has 144 valence electrons. The summed E-state index contributed by atoms with van der Waals surface area (Å²) in [6.45, 7) is 1.36. The maximum absolute atomic E-state index is 12.8. The molecule has 0 aromatic heterocycles. The number of benzene rings is 2. The lowest BCUT2D eigenvalue weighted by Gasteiger charge is -2.32. The third-order valence-corrected chi connectivity index (χ3v) is 5.59. The van der Waals surface area contributed by atoms with E-state index in [4.69, 9.17) is 4.74 Å². The second kappa shape index (κ2) is 7.46. The lowest BCUT2D eigenvalue weighted by atomic mass is 9.89. The number of methoxy groups -OCH3 is 1. The summed E-state index contributed by atoms with van der Waals surface area (Å²) in [6.07, 6.45) is 2.79. The summed E-state index contributed by atoms with van der Waals surface area (Å²) in [5, 5.41) is 2.25. The van der Waals surface area contributed by atoms with E-state index in [2.05, 4.69) is 11.4 Å². The average Bonchev–Trinajstić information content (AvgIpc) is 3.01. The monoisotopic (exact) mass is 378 g/mol. The molecule has 0 radical (unpaired) electrons. The highest BCUT2D eigenvalue weighted by Gasteiger charge is 2.29. The number of fused-ring (bicyclic) bond motifs is 1. The number of nitrogens with one attached hydrogen (secondary N) is 1. The van der Waals surface area contributed by atoms with E-state index in [1.165, 1.54) is 11.6 Å². The van der Waals surface area contributed by atoms with Crippen molar-refractivity contribution in [1.82, 2.24) is 10.2 Å². The van der Waals surface area contributed by atoms with Gasteiger partial charge in [-0.15, -0.1) is 0 Å². The van der Waals surface area contributed by atoms with Gasteiger partial charge in [0.15, 0.2) is 0 Å². The molecule has 0 saturated carbocycles. The first-order valence-electron chi connectivity index (χ1n) is 9.47. The molecule has 1 saturated heterocycles. The van der Waals surface area contributed by atoms with Crippen molar-refractivity contribution in [3.05, 3.63) is 64.7 Å². The molecule has 6 nitrogen and oxygen atoms in total. The fraction of sp³-hybridized carbons (Fsp3) is 0.318. The van der Waals surface area contributed by atoms with Gasteiger partial charge in [-0.3, -0.25) is 19.7 Å². The summed E-state index contributed by atoms with van der Waals surface area (Å²) in [5.74, 6) is 0.475. The van der Waals surface area contributed by atoms with Crippen LogP contribution < -0.4 is 10.1 Å². The van der Waals surface area contributed by atoms with Gasteiger partial charge >= 0.3 is 0 Å². The number of likely N-dealkylation sites (tertiary alicyclic amines) is 1. The highest BCUT2D eigenvalue weighted by molar-refractivity contribution is 6.22. The van der Waals surface area contributed by atoms with Crippen LogP contribution in [0.4, 0.5) is 0 Å². The summed E-state index contributed by atoms with van der Waals surface area (Å²) in [5.41, 5.74) is 2.26. The Labute approximate surface area is 163 Å². The van der Waals surface area contributed by atoms with Crippen LogP contribution >= 0.6 is 0 Å². The maximum Gasteiger partial charge on any atom is 0.258 e. The van der Waals surface area contributed by atoms with E-state index in [-0.39, 0.29) is 11.5 Å². The minimum Gasteiger partial charge on any atom is -0.496 e. The topological polar surface area (TPSA) is 75.7 Å². The van der Waals surface area contributed by atoms with Crippen LogP contribution in [0, 0.1) is 5.92 Å². The number of hydrogen-bond acceptors (Lipinski definition) is 4. The van der Waals surface area contributed by atoms with Crippen molar-refractivity contribution < 1.29 is 19.1 Å². The lowest BCUT2D eigenvalue weighted by Crippen LogP contribution is -2.39. The van der Waals surface area contributed by atoms with Crippen LogP contribution in [0.3, 0.4) is 0 Å². The minimum absolute atomic E-state index is 0.0920. The molecule has 0 unspecified atom stereocenters. The standard InChI is InChI=1S/C22H22N2O4/c1-28-19-5-3-2-4-15(19)12-14-8-10-24(11-9-14)22(27)16-6-7-17-18(13-16)21(26)23-20(17)25/h2-7,13-14H,8-12H2,1H3,(H,23,25,26). The fourth-order valence-corrected chi connectivity index (χ4v) is 4.01. The SMILES string of the molecule is COc1ccccc1CC1CCN(C(=O)c2ccc3c(c2)C(=O)NC3=O)CC1. The van der Waals surface area contributed by atoms with Crippen molar-refractivity contribution in [3.8, 4) is 5.75 Å². The number of carbonyl (C=O) groups is 3. The first kappa shape index (κ1) is 18.2. The number of piperidine rings is 1. The van der Waals surface area contributed by atoms with E-state index in [0.717, 1.165) is 25.0 Å². The normalized spacial score (nSPS) is 16.7. The Kier molecular flexibility index (Phi) is 4.86. The van der Waals surface area contributed by atoms with E-state index in [9.17, 15) is 14.4 Å². The molecular weight excluding hydrogens is 356 g/mol. The van der Waals surface area contributed by atoms with Gasteiger partial charge in [-0.2, -0.15) is 0 Å². The Morgan fingerprint density at radius 2 is 1.79 bits per heavy atom. The third-order valence-electron chi connectivity index (χ3n) is 5.59. The van der Waals surface area contributed by atoms with E-state index in [1.54, 1.807) is 19.2 Å². The highest BCUT2D eigenvalue weighted by atomic mass is 16.5. The largest absolute Gasteiger partial charge is 0.496 e. The first-order valence-corrected chi connectivity index (χ1v) is 9.47. The van der Waals surface area contributed by atoms with Gasteiger partial charge in [0.2, 0.25) is 0 Å². The zero-order valence-corrected chi connectivity index (χ0v) is 15.7. The van der Waals surface area contributed by atoms with Crippen LogP contribution in [0.15, 0.2) is 42.5 Å². The second-order valence-corrected chi connectivity index (χ2v) is 7.30. The molecular formula is C22H22N2O4. The van der Waals surface area contributed by atoms with Crippen LogP contribution in [0.25, 0.3) is 0 Å². The van der Waals surface area contributed by atoms with Gasteiger partial charge in [0.25, 0.3) is 17.7 Å². The van der Waals surface area contributed by atoms with E-state index in [1.807, 2.05) is 23.1 Å². The number of amides is 3. The van der Waals surface area contributed by atoms with Crippen LogP contribution in [0.5, 0.6) is 5.75 Å². The van der Waals surface area contributed by atoms with Gasteiger partial charge in [0.05, 0.1) is 18.2 Å². The minimum atomic E-state index is -0.440. The van der Waals surface area contributed by atoms with Crippen molar-refractivity contribution >= 4 is 17.7 Å². The van der Waals surface area contributed by atoms with Gasteiger partial charge in [-0.25, -0.2) is 0 Å². The molecule has 2 heterocycles. The molecule has 3 amide bonds. The zero-order valence-electron chi connectivity index (χ0n) is 15.7. The van der Waals surface area contributed by atoms with E-state index >= 15 is 0 Å². The zero-order chi connectivity index (χ0) is 19.7. The smallest absolute Gasteiger partial charge is 0.258 e. The molecule has 2 aliphatic rings. The number of para-hydroxylation sites is 1. The van der Waals surface area contributed by atoms with Gasteiger partial charge in [0.1, 0.15) is 5.75 Å². The summed E-state index contributed by atoms with van der Waals surface area (Å²) in [6, 6.07) is 12.8. The van der Waals surface area contributed by atoms with Crippen molar-refractivity contribution in [3.63, 3.8) is 0 Å². The predicted octanol–water partition coefficient (Wildman–Crippen LogP) is 2.67. The van der Waals surface area contributed by atoms with Crippen LogP contribution in [0.1, 0.15) is 49.5 Å². The van der Waals surface area contributed by atoms with E-state index in [0.29, 0.717) is 30.1 Å².